The third-order valence-corrected chi connectivity index (χ3v) is 3.68. The highest BCUT2D eigenvalue weighted by Crippen LogP contribution is 2.23. The molecule has 1 N–H and O–H groups in total. The third-order valence-electron chi connectivity index (χ3n) is 3.68. The van der Waals surface area contributed by atoms with Gasteiger partial charge in [0.25, 0.3) is 5.91 Å². The van der Waals surface area contributed by atoms with Crippen molar-refractivity contribution in [3.63, 3.8) is 0 Å². The molecule has 0 aliphatic carbocycles. The highest BCUT2D eigenvalue weighted by atomic mass is 16.5. The number of hydrogen-bond acceptors (Lipinski definition) is 5. The van der Waals surface area contributed by atoms with Gasteiger partial charge in [-0.2, -0.15) is 0 Å². The SMILES string of the molecule is O=C(Nc1ccc(Oc2ccccc2)cc1)c1cnc2nccnc2c1. The van der Waals surface area contributed by atoms with Crippen LogP contribution in [0.1, 0.15) is 10.4 Å². The lowest BCUT2D eigenvalue weighted by Crippen LogP contribution is -2.12. The molecule has 2 aromatic carbocycles. The number of para-hydroxylation sites is 1. The summed E-state index contributed by atoms with van der Waals surface area (Å²) >= 11 is 0. The van der Waals surface area contributed by atoms with Crippen molar-refractivity contribution in [2.45, 2.75) is 0 Å². The molecule has 2 aromatic heterocycles. The van der Waals surface area contributed by atoms with Crippen LogP contribution in [-0.4, -0.2) is 20.9 Å². The van der Waals surface area contributed by atoms with Gasteiger partial charge in [-0.1, -0.05) is 18.2 Å². The zero-order chi connectivity index (χ0) is 17.8. The first-order valence-corrected chi connectivity index (χ1v) is 7.99. The second-order valence-electron chi connectivity index (χ2n) is 5.52. The molecule has 0 aliphatic heterocycles. The predicted octanol–water partition coefficient (Wildman–Crippen LogP) is 4.07. The lowest BCUT2D eigenvalue weighted by atomic mass is 10.2. The van der Waals surface area contributed by atoms with E-state index in [1.54, 1.807) is 42.7 Å². The van der Waals surface area contributed by atoms with E-state index in [-0.39, 0.29) is 5.91 Å². The fraction of sp³-hybridized carbons (Fsp3) is 0. The first-order chi connectivity index (χ1) is 12.8. The number of amides is 1. The van der Waals surface area contributed by atoms with Crippen LogP contribution in [0.25, 0.3) is 11.2 Å². The molecule has 0 saturated heterocycles. The summed E-state index contributed by atoms with van der Waals surface area (Å²) in [6, 6.07) is 18.3. The molecule has 0 aliphatic rings. The number of aromatic nitrogens is 3. The molecule has 26 heavy (non-hydrogen) atoms. The standard InChI is InChI=1S/C20H14N4O2/c25-20(14-12-18-19(23-13-14)22-11-10-21-18)24-15-6-8-17(9-7-15)26-16-4-2-1-3-5-16/h1-13H,(H,24,25). The summed E-state index contributed by atoms with van der Waals surface area (Å²) in [6.07, 6.45) is 4.62. The molecule has 0 unspecified atom stereocenters. The van der Waals surface area contributed by atoms with Crippen molar-refractivity contribution in [3.8, 4) is 11.5 Å². The quantitative estimate of drug-likeness (QED) is 0.605. The average molecular weight is 342 g/mol. The van der Waals surface area contributed by atoms with Crippen LogP contribution in [0.5, 0.6) is 11.5 Å². The second kappa shape index (κ2) is 6.98. The van der Waals surface area contributed by atoms with Crippen molar-refractivity contribution in [2.24, 2.45) is 0 Å². The molecule has 1 amide bonds. The minimum Gasteiger partial charge on any atom is -0.457 e. The normalized spacial score (nSPS) is 10.5. The maximum Gasteiger partial charge on any atom is 0.257 e. The number of nitrogens with zero attached hydrogens (tertiary/aromatic N) is 3. The van der Waals surface area contributed by atoms with Gasteiger partial charge < -0.3 is 10.1 Å². The van der Waals surface area contributed by atoms with Gasteiger partial charge >= 0.3 is 0 Å². The lowest BCUT2D eigenvalue weighted by molar-refractivity contribution is 0.102. The molecule has 4 aromatic rings. The molecular formula is C20H14N4O2. The number of benzene rings is 2. The topological polar surface area (TPSA) is 77.0 Å². The minimum absolute atomic E-state index is 0.262. The molecule has 0 spiro atoms. The van der Waals surface area contributed by atoms with Gasteiger partial charge in [0.2, 0.25) is 0 Å². The van der Waals surface area contributed by atoms with E-state index < -0.39 is 0 Å². The highest BCUT2D eigenvalue weighted by molar-refractivity contribution is 6.05. The molecular weight excluding hydrogens is 328 g/mol. The first kappa shape index (κ1) is 15.7. The molecule has 0 radical (unpaired) electrons. The summed E-state index contributed by atoms with van der Waals surface area (Å²) in [5.41, 5.74) is 2.16. The van der Waals surface area contributed by atoms with Crippen LogP contribution in [0.15, 0.2) is 79.3 Å². The van der Waals surface area contributed by atoms with Crippen LogP contribution in [0.2, 0.25) is 0 Å². The maximum absolute atomic E-state index is 12.4. The van der Waals surface area contributed by atoms with E-state index in [9.17, 15) is 4.79 Å². The Bertz CT molecular complexity index is 1050. The van der Waals surface area contributed by atoms with Crippen molar-refractivity contribution in [2.75, 3.05) is 5.32 Å². The summed E-state index contributed by atoms with van der Waals surface area (Å²) < 4.78 is 5.73. The highest BCUT2D eigenvalue weighted by Gasteiger charge is 2.09. The monoisotopic (exact) mass is 342 g/mol. The van der Waals surface area contributed by atoms with Crippen molar-refractivity contribution in [1.29, 1.82) is 0 Å². The fourth-order valence-corrected chi connectivity index (χ4v) is 2.42. The number of nitrogens with one attached hydrogen (secondary N) is 1. The van der Waals surface area contributed by atoms with E-state index in [2.05, 4.69) is 20.3 Å². The average Bonchev–Trinajstić information content (AvgIpc) is 2.70. The number of anilines is 1. The molecule has 2 heterocycles. The summed E-state index contributed by atoms with van der Waals surface area (Å²) in [7, 11) is 0. The molecule has 4 rings (SSSR count). The predicted molar refractivity (Wildman–Crippen MR) is 98.2 cm³/mol. The van der Waals surface area contributed by atoms with E-state index in [4.69, 9.17) is 4.74 Å². The van der Waals surface area contributed by atoms with Crippen molar-refractivity contribution < 1.29 is 9.53 Å². The number of hydrogen-bond donors (Lipinski definition) is 1. The Kier molecular flexibility index (Phi) is 4.22. The van der Waals surface area contributed by atoms with Crippen LogP contribution in [-0.2, 0) is 0 Å². The smallest absolute Gasteiger partial charge is 0.257 e. The summed E-state index contributed by atoms with van der Waals surface area (Å²) in [5.74, 6) is 1.19. The van der Waals surface area contributed by atoms with Crippen LogP contribution in [0.3, 0.4) is 0 Å². The van der Waals surface area contributed by atoms with E-state index in [1.165, 1.54) is 6.20 Å². The number of ether oxygens (including phenoxy) is 1. The van der Waals surface area contributed by atoms with Gasteiger partial charge in [-0.3, -0.25) is 9.78 Å². The van der Waals surface area contributed by atoms with Gasteiger partial charge in [0.05, 0.1) is 5.56 Å². The van der Waals surface area contributed by atoms with E-state index >= 15 is 0 Å². The van der Waals surface area contributed by atoms with Crippen molar-refractivity contribution >= 4 is 22.8 Å². The zero-order valence-electron chi connectivity index (χ0n) is 13.7. The largest absolute Gasteiger partial charge is 0.457 e. The van der Waals surface area contributed by atoms with Gasteiger partial charge in [0, 0.05) is 24.3 Å². The summed E-state index contributed by atoms with van der Waals surface area (Å²) in [6.45, 7) is 0. The Morgan fingerprint density at radius 3 is 2.38 bits per heavy atom. The van der Waals surface area contributed by atoms with Crippen LogP contribution in [0, 0.1) is 0 Å². The summed E-state index contributed by atoms with van der Waals surface area (Å²) in [5, 5.41) is 2.83. The third kappa shape index (κ3) is 3.49. The molecule has 0 fully saturated rings. The van der Waals surface area contributed by atoms with Gasteiger partial charge in [0.1, 0.15) is 17.0 Å². The maximum atomic E-state index is 12.4. The van der Waals surface area contributed by atoms with Crippen LogP contribution >= 0.6 is 0 Å². The Labute approximate surface area is 149 Å². The second-order valence-corrected chi connectivity index (χ2v) is 5.52. The Hall–Kier alpha value is -3.80. The van der Waals surface area contributed by atoms with E-state index in [0.717, 1.165) is 5.75 Å². The molecule has 0 atom stereocenters. The van der Waals surface area contributed by atoms with Gasteiger partial charge in [0.15, 0.2) is 5.65 Å². The van der Waals surface area contributed by atoms with Gasteiger partial charge in [-0.15, -0.1) is 0 Å². The van der Waals surface area contributed by atoms with Crippen molar-refractivity contribution in [1.82, 2.24) is 15.0 Å². The molecule has 0 saturated carbocycles. The van der Waals surface area contributed by atoms with E-state index in [1.807, 2.05) is 30.3 Å². The molecule has 6 heteroatoms. The summed E-state index contributed by atoms with van der Waals surface area (Å²) in [4.78, 5) is 24.8. The number of carbonyl (C=O) groups is 1. The minimum atomic E-state index is -0.262. The first-order valence-electron chi connectivity index (χ1n) is 7.99. The molecule has 0 bridgehead atoms. The van der Waals surface area contributed by atoms with Crippen molar-refractivity contribution in [3.05, 3.63) is 84.8 Å². The Morgan fingerprint density at radius 1 is 0.846 bits per heavy atom. The number of fused-ring (bicyclic) bond motifs is 1. The Morgan fingerprint density at radius 2 is 1.58 bits per heavy atom. The molecule has 6 nitrogen and oxygen atoms in total. The van der Waals surface area contributed by atoms with Crippen LogP contribution in [0.4, 0.5) is 5.69 Å². The molecule has 126 valence electrons. The number of pyridine rings is 1. The fourth-order valence-electron chi connectivity index (χ4n) is 2.42. The number of carbonyl (C=O) groups excluding carboxylic acids is 1. The van der Waals surface area contributed by atoms with Gasteiger partial charge in [-0.05, 0) is 42.5 Å². The lowest BCUT2D eigenvalue weighted by Gasteiger charge is -2.08. The number of rotatable bonds is 4. The zero-order valence-corrected chi connectivity index (χ0v) is 13.7. The Balaban J connectivity index is 1.46. The van der Waals surface area contributed by atoms with Crippen LogP contribution < -0.4 is 10.1 Å². The van der Waals surface area contributed by atoms with E-state index in [0.29, 0.717) is 28.2 Å². The van der Waals surface area contributed by atoms with Gasteiger partial charge in [-0.25, -0.2) is 9.97 Å².